The van der Waals surface area contributed by atoms with Crippen molar-refractivity contribution in [3.8, 4) is 0 Å². The number of anilines is 1. The normalized spacial score (nSPS) is 16.2. The van der Waals surface area contributed by atoms with E-state index in [1.54, 1.807) is 22.5 Å². The Morgan fingerprint density at radius 3 is 2.16 bits per heavy atom. The zero-order valence-corrected chi connectivity index (χ0v) is 16.4. The van der Waals surface area contributed by atoms with Gasteiger partial charge in [-0.25, -0.2) is 8.42 Å². The smallest absolute Gasteiger partial charge is 0.243 e. The Morgan fingerprint density at radius 1 is 0.880 bits per heavy atom. The lowest BCUT2D eigenvalue weighted by atomic mass is 10.1. The number of halogens is 1. The first-order valence-corrected chi connectivity index (χ1v) is 10.2. The van der Waals surface area contributed by atoms with Crippen LogP contribution in [0.25, 0.3) is 0 Å². The fourth-order valence-electron chi connectivity index (χ4n) is 3.26. The van der Waals surface area contributed by atoms with E-state index in [9.17, 15) is 8.42 Å². The molecule has 1 aliphatic rings. The molecule has 0 aromatic heterocycles. The lowest BCUT2D eigenvalue weighted by Crippen LogP contribution is -2.48. The molecule has 1 saturated heterocycles. The number of sulfonamides is 1. The Kier molecular flexibility index (Phi) is 5.09. The molecule has 4 nitrogen and oxygen atoms in total. The van der Waals surface area contributed by atoms with Crippen LogP contribution >= 0.6 is 11.6 Å². The quantitative estimate of drug-likeness (QED) is 0.816. The second kappa shape index (κ2) is 6.98. The first kappa shape index (κ1) is 18.2. The van der Waals surface area contributed by atoms with Crippen molar-refractivity contribution in [1.29, 1.82) is 0 Å². The lowest BCUT2D eigenvalue weighted by Gasteiger charge is -2.36. The first-order chi connectivity index (χ1) is 11.8. The highest BCUT2D eigenvalue weighted by molar-refractivity contribution is 7.89. The van der Waals surface area contributed by atoms with Crippen molar-refractivity contribution in [3.05, 3.63) is 58.1 Å². The van der Waals surface area contributed by atoms with Gasteiger partial charge in [0.25, 0.3) is 0 Å². The van der Waals surface area contributed by atoms with E-state index in [0.29, 0.717) is 36.1 Å². The van der Waals surface area contributed by atoms with E-state index in [0.717, 1.165) is 5.56 Å². The molecule has 0 spiro atoms. The van der Waals surface area contributed by atoms with Gasteiger partial charge in [0.05, 0.1) is 4.90 Å². The van der Waals surface area contributed by atoms with Crippen LogP contribution in [0.4, 0.5) is 5.69 Å². The zero-order valence-electron chi connectivity index (χ0n) is 14.8. The van der Waals surface area contributed by atoms with E-state index in [2.05, 4.69) is 36.9 Å². The van der Waals surface area contributed by atoms with Crippen molar-refractivity contribution in [1.82, 2.24) is 4.31 Å². The van der Waals surface area contributed by atoms with Crippen molar-refractivity contribution in [2.75, 3.05) is 31.1 Å². The van der Waals surface area contributed by atoms with Gasteiger partial charge in [-0.2, -0.15) is 4.31 Å². The van der Waals surface area contributed by atoms with Crippen LogP contribution in [-0.2, 0) is 10.0 Å². The number of piperazine rings is 1. The number of hydrogen-bond donors (Lipinski definition) is 0. The highest BCUT2D eigenvalue weighted by Gasteiger charge is 2.29. The Balaban J connectivity index is 1.76. The second-order valence-electron chi connectivity index (χ2n) is 6.59. The minimum atomic E-state index is -3.48. The molecule has 0 N–H and O–H groups in total. The molecule has 25 heavy (non-hydrogen) atoms. The Labute approximate surface area is 155 Å². The number of benzene rings is 2. The summed E-state index contributed by atoms with van der Waals surface area (Å²) in [5, 5.41) is 0.582. The highest BCUT2D eigenvalue weighted by atomic mass is 35.5. The fraction of sp³-hybridized carbons (Fsp3) is 0.368. The summed E-state index contributed by atoms with van der Waals surface area (Å²) in [5.41, 5.74) is 4.42. The van der Waals surface area contributed by atoms with Crippen molar-refractivity contribution >= 4 is 27.3 Å². The maximum atomic E-state index is 12.9. The van der Waals surface area contributed by atoms with Gasteiger partial charge in [0, 0.05) is 36.9 Å². The minimum Gasteiger partial charge on any atom is -0.369 e. The van der Waals surface area contributed by atoms with Crippen molar-refractivity contribution in [3.63, 3.8) is 0 Å². The first-order valence-electron chi connectivity index (χ1n) is 8.37. The van der Waals surface area contributed by atoms with Gasteiger partial charge in [0.2, 0.25) is 10.0 Å². The molecule has 2 aromatic rings. The van der Waals surface area contributed by atoms with E-state index in [-0.39, 0.29) is 0 Å². The molecule has 1 heterocycles. The molecule has 1 aliphatic heterocycles. The topological polar surface area (TPSA) is 40.6 Å². The van der Waals surface area contributed by atoms with Crippen molar-refractivity contribution < 1.29 is 8.42 Å². The van der Waals surface area contributed by atoms with Gasteiger partial charge in [-0.15, -0.1) is 0 Å². The van der Waals surface area contributed by atoms with Crippen LogP contribution < -0.4 is 4.90 Å². The zero-order chi connectivity index (χ0) is 18.2. The highest BCUT2D eigenvalue weighted by Crippen LogP contribution is 2.26. The summed E-state index contributed by atoms with van der Waals surface area (Å²) < 4.78 is 27.3. The SMILES string of the molecule is Cc1ccc(N2CCN(S(=O)(=O)c3ccc(Cl)c(C)c3)CC2)c(C)c1. The predicted molar refractivity (Wildman–Crippen MR) is 103 cm³/mol. The van der Waals surface area contributed by atoms with Gasteiger partial charge in [-0.05, 0) is 56.2 Å². The van der Waals surface area contributed by atoms with E-state index < -0.39 is 10.0 Å². The molecule has 0 amide bonds. The number of nitrogens with zero attached hydrogens (tertiary/aromatic N) is 2. The molecule has 2 aromatic carbocycles. The molecule has 6 heteroatoms. The second-order valence-corrected chi connectivity index (χ2v) is 8.94. The van der Waals surface area contributed by atoms with Crippen LogP contribution in [0.3, 0.4) is 0 Å². The lowest BCUT2D eigenvalue weighted by molar-refractivity contribution is 0.384. The van der Waals surface area contributed by atoms with E-state index in [4.69, 9.17) is 11.6 Å². The third-order valence-corrected chi connectivity index (χ3v) is 7.02. The number of rotatable bonds is 3. The van der Waals surface area contributed by atoms with Crippen LogP contribution in [0.15, 0.2) is 41.3 Å². The van der Waals surface area contributed by atoms with Gasteiger partial charge < -0.3 is 4.90 Å². The molecule has 134 valence electrons. The average Bonchev–Trinajstić information content (AvgIpc) is 2.57. The van der Waals surface area contributed by atoms with Crippen LogP contribution in [0.5, 0.6) is 0 Å². The number of hydrogen-bond acceptors (Lipinski definition) is 3. The Morgan fingerprint density at radius 2 is 1.56 bits per heavy atom. The monoisotopic (exact) mass is 378 g/mol. The Hall–Kier alpha value is -1.56. The van der Waals surface area contributed by atoms with Gasteiger partial charge in [0.1, 0.15) is 0 Å². The summed E-state index contributed by atoms with van der Waals surface area (Å²) >= 11 is 6.01. The summed E-state index contributed by atoms with van der Waals surface area (Å²) in [4.78, 5) is 2.57. The standard InChI is InChI=1S/C19H23ClN2O2S/c1-14-4-7-19(16(3)12-14)21-8-10-22(11-9-21)25(23,24)17-5-6-18(20)15(2)13-17/h4-7,12-13H,8-11H2,1-3H3. The minimum absolute atomic E-state index is 0.314. The molecule has 0 unspecified atom stereocenters. The van der Waals surface area contributed by atoms with Gasteiger partial charge in [-0.3, -0.25) is 0 Å². The van der Waals surface area contributed by atoms with Crippen molar-refractivity contribution in [2.45, 2.75) is 25.7 Å². The average molecular weight is 379 g/mol. The molecule has 3 rings (SSSR count). The number of aryl methyl sites for hydroxylation is 3. The summed E-state index contributed by atoms with van der Waals surface area (Å²) in [7, 11) is -3.48. The molecule has 0 saturated carbocycles. The molecule has 1 fully saturated rings. The van der Waals surface area contributed by atoms with Gasteiger partial charge in [0.15, 0.2) is 0 Å². The Bertz CT molecular complexity index is 888. The molecular formula is C19H23ClN2O2S. The van der Waals surface area contributed by atoms with Crippen LogP contribution in [0, 0.1) is 20.8 Å². The van der Waals surface area contributed by atoms with Crippen LogP contribution in [0.1, 0.15) is 16.7 Å². The molecule has 0 aliphatic carbocycles. The third-order valence-electron chi connectivity index (χ3n) is 4.70. The molecule has 0 radical (unpaired) electrons. The molecule has 0 atom stereocenters. The summed E-state index contributed by atoms with van der Waals surface area (Å²) in [6.07, 6.45) is 0. The summed E-state index contributed by atoms with van der Waals surface area (Å²) in [6, 6.07) is 11.3. The molecular weight excluding hydrogens is 356 g/mol. The maximum Gasteiger partial charge on any atom is 0.243 e. The molecule has 0 bridgehead atoms. The van der Waals surface area contributed by atoms with Gasteiger partial charge in [-0.1, -0.05) is 29.3 Å². The maximum absolute atomic E-state index is 12.9. The predicted octanol–water partition coefficient (Wildman–Crippen LogP) is 3.78. The third kappa shape index (κ3) is 3.68. The van der Waals surface area contributed by atoms with Crippen molar-refractivity contribution in [2.24, 2.45) is 0 Å². The largest absolute Gasteiger partial charge is 0.369 e. The van der Waals surface area contributed by atoms with Crippen LogP contribution in [-0.4, -0.2) is 38.9 Å². The summed E-state index contributed by atoms with van der Waals surface area (Å²) in [6.45, 7) is 8.34. The van der Waals surface area contributed by atoms with Gasteiger partial charge >= 0.3 is 0 Å². The van der Waals surface area contributed by atoms with E-state index >= 15 is 0 Å². The van der Waals surface area contributed by atoms with E-state index in [1.807, 2.05) is 6.92 Å². The van der Waals surface area contributed by atoms with Crippen LogP contribution in [0.2, 0.25) is 5.02 Å². The summed E-state index contributed by atoms with van der Waals surface area (Å²) in [5.74, 6) is 0. The van der Waals surface area contributed by atoms with E-state index in [1.165, 1.54) is 16.8 Å². The fourth-order valence-corrected chi connectivity index (χ4v) is 4.88.